The van der Waals surface area contributed by atoms with Crippen LogP contribution in [0.2, 0.25) is 0 Å². The minimum atomic E-state index is 0.585. The topological polar surface area (TPSA) is 38.0 Å². The van der Waals surface area contributed by atoms with Crippen molar-refractivity contribution < 1.29 is 0 Å². The van der Waals surface area contributed by atoms with Crippen LogP contribution in [0.5, 0.6) is 0 Å². The Kier molecular flexibility index (Phi) is 3.91. The summed E-state index contributed by atoms with van der Waals surface area (Å²) in [6.07, 6.45) is 0. The van der Waals surface area contributed by atoms with E-state index in [1.54, 1.807) is 0 Å². The molecule has 88 valence electrons. The van der Waals surface area contributed by atoms with Crippen molar-refractivity contribution in [3.05, 3.63) is 59.7 Å². The molecule has 2 nitrogen and oxygen atoms in total. The van der Waals surface area contributed by atoms with Gasteiger partial charge in [0.05, 0.1) is 0 Å². The first kappa shape index (κ1) is 11.8. The molecule has 0 aliphatic rings. The second-order valence-electron chi connectivity index (χ2n) is 4.09. The van der Waals surface area contributed by atoms with E-state index < -0.39 is 0 Å². The van der Waals surface area contributed by atoms with Gasteiger partial charge in [-0.3, -0.25) is 0 Å². The average Bonchev–Trinajstić information content (AvgIpc) is 2.40. The number of hydrogen-bond acceptors (Lipinski definition) is 2. The monoisotopic (exact) mass is 226 g/mol. The minimum Gasteiger partial charge on any atom is -0.326 e. The van der Waals surface area contributed by atoms with Gasteiger partial charge in [-0.05, 0) is 35.4 Å². The number of benzene rings is 2. The lowest BCUT2D eigenvalue weighted by Gasteiger charge is -2.10. The molecule has 0 bridgehead atoms. The van der Waals surface area contributed by atoms with Crippen molar-refractivity contribution >= 4 is 0 Å². The van der Waals surface area contributed by atoms with Crippen LogP contribution in [-0.2, 0) is 13.1 Å². The molecule has 0 fully saturated rings. The Morgan fingerprint density at radius 1 is 1.06 bits per heavy atom. The molecule has 0 heterocycles. The second-order valence-corrected chi connectivity index (χ2v) is 4.09. The summed E-state index contributed by atoms with van der Waals surface area (Å²) in [5.41, 5.74) is 10.7. The first-order chi connectivity index (χ1) is 8.35. The van der Waals surface area contributed by atoms with E-state index in [9.17, 15) is 0 Å². The van der Waals surface area contributed by atoms with Gasteiger partial charge in [0.25, 0.3) is 0 Å². The maximum absolute atomic E-state index is 5.68. The summed E-state index contributed by atoms with van der Waals surface area (Å²) >= 11 is 0. The van der Waals surface area contributed by atoms with E-state index in [4.69, 9.17) is 5.73 Å². The summed E-state index contributed by atoms with van der Waals surface area (Å²) in [6.45, 7) is 1.46. The summed E-state index contributed by atoms with van der Waals surface area (Å²) in [4.78, 5) is 0. The van der Waals surface area contributed by atoms with Crippen molar-refractivity contribution in [2.24, 2.45) is 5.73 Å². The molecule has 0 amide bonds. The smallest absolute Gasteiger partial charge is 0.0208 e. The zero-order chi connectivity index (χ0) is 12.1. The van der Waals surface area contributed by atoms with Gasteiger partial charge >= 0.3 is 0 Å². The van der Waals surface area contributed by atoms with Crippen LogP contribution in [0.25, 0.3) is 11.1 Å². The molecular weight excluding hydrogens is 208 g/mol. The summed E-state index contributed by atoms with van der Waals surface area (Å²) in [7, 11) is 1.97. The predicted molar refractivity (Wildman–Crippen MR) is 72.5 cm³/mol. The summed E-state index contributed by atoms with van der Waals surface area (Å²) < 4.78 is 0. The van der Waals surface area contributed by atoms with Gasteiger partial charge in [-0.25, -0.2) is 0 Å². The largest absolute Gasteiger partial charge is 0.326 e. The highest BCUT2D eigenvalue weighted by atomic mass is 14.8. The third-order valence-electron chi connectivity index (χ3n) is 2.86. The van der Waals surface area contributed by atoms with E-state index in [1.165, 1.54) is 22.3 Å². The zero-order valence-electron chi connectivity index (χ0n) is 10.1. The lowest BCUT2D eigenvalue weighted by atomic mass is 9.98. The Hall–Kier alpha value is -1.64. The van der Waals surface area contributed by atoms with Crippen LogP contribution >= 0.6 is 0 Å². The molecule has 0 saturated carbocycles. The normalized spacial score (nSPS) is 10.5. The SMILES string of the molecule is CNCc1ccccc1-c1cccc(CN)c1. The van der Waals surface area contributed by atoms with E-state index >= 15 is 0 Å². The number of nitrogens with two attached hydrogens (primary N) is 1. The van der Waals surface area contributed by atoms with Gasteiger partial charge in [-0.2, -0.15) is 0 Å². The van der Waals surface area contributed by atoms with Crippen LogP contribution in [0, 0.1) is 0 Å². The van der Waals surface area contributed by atoms with E-state index in [-0.39, 0.29) is 0 Å². The van der Waals surface area contributed by atoms with Gasteiger partial charge in [-0.1, -0.05) is 42.5 Å². The van der Waals surface area contributed by atoms with Gasteiger partial charge < -0.3 is 11.1 Å². The Morgan fingerprint density at radius 2 is 1.88 bits per heavy atom. The van der Waals surface area contributed by atoms with Gasteiger partial charge in [0.2, 0.25) is 0 Å². The van der Waals surface area contributed by atoms with Gasteiger partial charge in [0, 0.05) is 13.1 Å². The highest BCUT2D eigenvalue weighted by molar-refractivity contribution is 5.67. The molecule has 3 N–H and O–H groups in total. The molecule has 2 aromatic rings. The van der Waals surface area contributed by atoms with Crippen LogP contribution in [0.3, 0.4) is 0 Å². The Balaban J connectivity index is 2.44. The molecular formula is C15H18N2. The fraction of sp³-hybridized carbons (Fsp3) is 0.200. The minimum absolute atomic E-state index is 0.585. The molecule has 0 atom stereocenters. The molecule has 0 saturated heterocycles. The fourth-order valence-electron chi connectivity index (χ4n) is 2.01. The molecule has 17 heavy (non-hydrogen) atoms. The molecule has 0 aliphatic carbocycles. The molecule has 0 aromatic heterocycles. The highest BCUT2D eigenvalue weighted by Crippen LogP contribution is 2.24. The fourth-order valence-corrected chi connectivity index (χ4v) is 2.01. The standard InChI is InChI=1S/C15H18N2/c1-17-11-14-6-2-3-8-15(14)13-7-4-5-12(9-13)10-16/h2-9,17H,10-11,16H2,1H3. The Bertz CT molecular complexity index is 492. The van der Waals surface area contributed by atoms with Crippen molar-refractivity contribution in [1.29, 1.82) is 0 Å². The summed E-state index contributed by atoms with van der Waals surface area (Å²) in [5, 5.41) is 3.20. The van der Waals surface area contributed by atoms with Crippen LogP contribution in [0.1, 0.15) is 11.1 Å². The predicted octanol–water partition coefficient (Wildman–Crippen LogP) is 2.53. The van der Waals surface area contributed by atoms with Crippen LogP contribution < -0.4 is 11.1 Å². The van der Waals surface area contributed by atoms with Crippen LogP contribution in [-0.4, -0.2) is 7.05 Å². The molecule has 0 aliphatic heterocycles. The lowest BCUT2D eigenvalue weighted by Crippen LogP contribution is -2.06. The molecule has 0 spiro atoms. The highest BCUT2D eigenvalue weighted by Gasteiger charge is 2.03. The molecule has 0 radical (unpaired) electrons. The molecule has 2 heteroatoms. The van der Waals surface area contributed by atoms with E-state index in [2.05, 4.69) is 53.8 Å². The van der Waals surface area contributed by atoms with Crippen LogP contribution in [0.15, 0.2) is 48.5 Å². The Labute approximate surface area is 102 Å². The zero-order valence-corrected chi connectivity index (χ0v) is 10.1. The summed E-state index contributed by atoms with van der Waals surface area (Å²) in [6, 6.07) is 16.9. The van der Waals surface area contributed by atoms with Crippen molar-refractivity contribution in [3.63, 3.8) is 0 Å². The van der Waals surface area contributed by atoms with Crippen molar-refractivity contribution in [3.8, 4) is 11.1 Å². The van der Waals surface area contributed by atoms with Crippen molar-refractivity contribution in [2.45, 2.75) is 13.1 Å². The summed E-state index contributed by atoms with van der Waals surface area (Å²) in [5.74, 6) is 0. The Morgan fingerprint density at radius 3 is 2.65 bits per heavy atom. The maximum Gasteiger partial charge on any atom is 0.0208 e. The lowest BCUT2D eigenvalue weighted by molar-refractivity contribution is 0.819. The van der Waals surface area contributed by atoms with E-state index in [0.29, 0.717) is 6.54 Å². The number of hydrogen-bond donors (Lipinski definition) is 2. The third kappa shape index (κ3) is 2.73. The van der Waals surface area contributed by atoms with Gasteiger partial charge in [0.15, 0.2) is 0 Å². The van der Waals surface area contributed by atoms with E-state index in [1.807, 2.05) is 7.05 Å². The van der Waals surface area contributed by atoms with E-state index in [0.717, 1.165) is 6.54 Å². The van der Waals surface area contributed by atoms with Crippen LogP contribution in [0.4, 0.5) is 0 Å². The first-order valence-corrected chi connectivity index (χ1v) is 5.87. The first-order valence-electron chi connectivity index (χ1n) is 5.87. The maximum atomic E-state index is 5.68. The van der Waals surface area contributed by atoms with Crippen molar-refractivity contribution in [2.75, 3.05) is 7.05 Å². The molecule has 2 aromatic carbocycles. The van der Waals surface area contributed by atoms with Gasteiger partial charge in [0.1, 0.15) is 0 Å². The number of rotatable bonds is 4. The van der Waals surface area contributed by atoms with Gasteiger partial charge in [-0.15, -0.1) is 0 Å². The second kappa shape index (κ2) is 5.62. The third-order valence-corrected chi connectivity index (χ3v) is 2.86. The molecule has 0 unspecified atom stereocenters. The van der Waals surface area contributed by atoms with Crippen molar-refractivity contribution in [1.82, 2.24) is 5.32 Å². The average molecular weight is 226 g/mol. The number of nitrogens with one attached hydrogen (secondary N) is 1. The molecule has 2 rings (SSSR count). The quantitative estimate of drug-likeness (QED) is 0.840.